The Labute approximate surface area is 94.5 Å². The fraction of sp³-hybridized carbons (Fsp3) is 0.500. The molecule has 0 amide bonds. The highest BCUT2D eigenvalue weighted by molar-refractivity contribution is 5.74. The first-order chi connectivity index (χ1) is 7.77. The number of aryl methyl sites for hydroxylation is 1. The third-order valence-corrected chi connectivity index (χ3v) is 3.86. The number of rotatable bonds is 2. The summed E-state index contributed by atoms with van der Waals surface area (Å²) in [4.78, 5) is 8.87. The summed E-state index contributed by atoms with van der Waals surface area (Å²) in [5.41, 5.74) is 8.16. The molecule has 0 radical (unpaired) electrons. The Morgan fingerprint density at radius 2 is 2.31 bits per heavy atom. The summed E-state index contributed by atoms with van der Waals surface area (Å²) in [6.45, 7) is 0.692. The van der Waals surface area contributed by atoms with Gasteiger partial charge in [0.15, 0.2) is 0 Å². The van der Waals surface area contributed by atoms with Gasteiger partial charge in [-0.25, -0.2) is 4.98 Å². The van der Waals surface area contributed by atoms with Crippen LogP contribution in [0.5, 0.6) is 0 Å². The molecule has 4 heteroatoms. The van der Waals surface area contributed by atoms with Gasteiger partial charge < -0.3 is 10.3 Å². The van der Waals surface area contributed by atoms with Crippen LogP contribution in [0.25, 0.3) is 11.0 Å². The standard InChI is InChI=1S/C12H16N4/c1-16-10-7-14-6-3-9(10)15-11(16)12(8-13)4-2-5-12/h3,6-7H,2,4-5,8,13H2,1H3. The minimum absolute atomic E-state index is 0.119. The van der Waals surface area contributed by atoms with E-state index in [-0.39, 0.29) is 5.41 Å². The van der Waals surface area contributed by atoms with Gasteiger partial charge in [0, 0.05) is 25.2 Å². The highest BCUT2D eigenvalue weighted by Gasteiger charge is 2.41. The smallest absolute Gasteiger partial charge is 0.117 e. The molecule has 0 atom stereocenters. The first kappa shape index (κ1) is 9.78. The van der Waals surface area contributed by atoms with Gasteiger partial charge in [-0.15, -0.1) is 0 Å². The second-order valence-corrected chi connectivity index (χ2v) is 4.70. The van der Waals surface area contributed by atoms with Crippen molar-refractivity contribution in [3.63, 3.8) is 0 Å². The molecule has 2 aromatic rings. The van der Waals surface area contributed by atoms with Gasteiger partial charge in [-0.05, 0) is 18.9 Å². The van der Waals surface area contributed by atoms with Crippen LogP contribution in [-0.4, -0.2) is 21.1 Å². The lowest BCUT2D eigenvalue weighted by molar-refractivity contribution is 0.233. The molecule has 0 spiro atoms. The number of aromatic nitrogens is 3. The van der Waals surface area contributed by atoms with E-state index in [4.69, 9.17) is 10.7 Å². The lowest BCUT2D eigenvalue weighted by Crippen LogP contribution is -2.43. The van der Waals surface area contributed by atoms with Crippen LogP contribution in [0.3, 0.4) is 0 Å². The Morgan fingerprint density at radius 1 is 1.50 bits per heavy atom. The van der Waals surface area contributed by atoms with Gasteiger partial charge in [0.25, 0.3) is 0 Å². The highest BCUT2D eigenvalue weighted by Crippen LogP contribution is 2.42. The molecule has 1 aliphatic carbocycles. The molecule has 2 heterocycles. The van der Waals surface area contributed by atoms with Crippen molar-refractivity contribution in [1.29, 1.82) is 0 Å². The lowest BCUT2D eigenvalue weighted by Gasteiger charge is -2.40. The van der Waals surface area contributed by atoms with Gasteiger partial charge in [-0.1, -0.05) is 6.42 Å². The lowest BCUT2D eigenvalue weighted by atomic mass is 9.68. The van der Waals surface area contributed by atoms with E-state index >= 15 is 0 Å². The fourth-order valence-electron chi connectivity index (χ4n) is 2.63. The molecule has 2 aromatic heterocycles. The third kappa shape index (κ3) is 1.13. The number of pyridine rings is 1. The van der Waals surface area contributed by atoms with Gasteiger partial charge in [0.05, 0.1) is 17.2 Å². The Balaban J connectivity index is 2.20. The summed E-state index contributed by atoms with van der Waals surface area (Å²) in [6.07, 6.45) is 7.24. The van der Waals surface area contributed by atoms with Crippen LogP contribution in [0.1, 0.15) is 25.1 Å². The molecular formula is C12H16N4. The average molecular weight is 216 g/mol. The Bertz CT molecular complexity index is 519. The Hall–Kier alpha value is -1.42. The maximum absolute atomic E-state index is 5.92. The molecule has 1 fully saturated rings. The molecule has 0 bridgehead atoms. The van der Waals surface area contributed by atoms with Gasteiger partial charge in [0.1, 0.15) is 5.82 Å². The van der Waals surface area contributed by atoms with Crippen LogP contribution in [-0.2, 0) is 12.5 Å². The molecule has 3 rings (SSSR count). The van der Waals surface area contributed by atoms with Crippen LogP contribution >= 0.6 is 0 Å². The van der Waals surface area contributed by atoms with Crippen molar-refractivity contribution in [2.45, 2.75) is 24.7 Å². The van der Waals surface area contributed by atoms with Gasteiger partial charge in [-0.3, -0.25) is 4.98 Å². The van der Waals surface area contributed by atoms with E-state index in [0.29, 0.717) is 6.54 Å². The van der Waals surface area contributed by atoms with E-state index < -0.39 is 0 Å². The zero-order valence-corrected chi connectivity index (χ0v) is 9.48. The topological polar surface area (TPSA) is 56.7 Å². The minimum atomic E-state index is 0.119. The van der Waals surface area contributed by atoms with Crippen molar-refractivity contribution in [2.75, 3.05) is 6.54 Å². The van der Waals surface area contributed by atoms with Gasteiger partial charge in [0.2, 0.25) is 0 Å². The summed E-state index contributed by atoms with van der Waals surface area (Å²) < 4.78 is 2.15. The quantitative estimate of drug-likeness (QED) is 0.824. The zero-order chi connectivity index (χ0) is 11.2. The van der Waals surface area contributed by atoms with E-state index in [1.807, 2.05) is 12.3 Å². The second-order valence-electron chi connectivity index (χ2n) is 4.70. The summed E-state index contributed by atoms with van der Waals surface area (Å²) in [5.74, 6) is 1.13. The fourth-order valence-corrected chi connectivity index (χ4v) is 2.63. The first-order valence-corrected chi connectivity index (χ1v) is 5.74. The average Bonchev–Trinajstić information content (AvgIpc) is 2.57. The third-order valence-electron chi connectivity index (χ3n) is 3.86. The molecule has 0 saturated heterocycles. The van der Waals surface area contributed by atoms with Crippen molar-refractivity contribution < 1.29 is 0 Å². The zero-order valence-electron chi connectivity index (χ0n) is 9.48. The predicted molar refractivity (Wildman–Crippen MR) is 63.1 cm³/mol. The second kappa shape index (κ2) is 3.28. The number of imidazole rings is 1. The van der Waals surface area contributed by atoms with Crippen LogP contribution in [0.15, 0.2) is 18.5 Å². The van der Waals surface area contributed by atoms with Crippen molar-refractivity contribution in [1.82, 2.24) is 14.5 Å². The number of nitrogens with zero attached hydrogens (tertiary/aromatic N) is 3. The van der Waals surface area contributed by atoms with Crippen LogP contribution in [0, 0.1) is 0 Å². The molecule has 0 aliphatic heterocycles. The van der Waals surface area contributed by atoms with Crippen LogP contribution in [0.2, 0.25) is 0 Å². The van der Waals surface area contributed by atoms with Crippen molar-refractivity contribution >= 4 is 11.0 Å². The summed E-state index contributed by atoms with van der Waals surface area (Å²) >= 11 is 0. The van der Waals surface area contributed by atoms with Crippen molar-refractivity contribution in [2.24, 2.45) is 12.8 Å². The SMILES string of the molecule is Cn1c(C2(CN)CCC2)nc2ccncc21. The molecule has 4 nitrogen and oxygen atoms in total. The molecule has 0 unspecified atom stereocenters. The highest BCUT2D eigenvalue weighted by atomic mass is 15.1. The Morgan fingerprint density at radius 3 is 2.88 bits per heavy atom. The summed E-state index contributed by atoms with van der Waals surface area (Å²) in [6, 6.07) is 1.96. The van der Waals surface area contributed by atoms with E-state index in [2.05, 4.69) is 16.6 Å². The predicted octanol–water partition coefficient (Wildman–Crippen LogP) is 1.35. The van der Waals surface area contributed by atoms with E-state index in [0.717, 1.165) is 29.7 Å². The molecule has 16 heavy (non-hydrogen) atoms. The van der Waals surface area contributed by atoms with Crippen molar-refractivity contribution in [3.8, 4) is 0 Å². The van der Waals surface area contributed by atoms with E-state index in [1.54, 1.807) is 6.20 Å². The van der Waals surface area contributed by atoms with E-state index in [9.17, 15) is 0 Å². The maximum Gasteiger partial charge on any atom is 0.117 e. The molecule has 2 N–H and O–H groups in total. The molecular weight excluding hydrogens is 200 g/mol. The minimum Gasteiger partial charge on any atom is -0.329 e. The normalized spacial score (nSPS) is 18.6. The van der Waals surface area contributed by atoms with E-state index in [1.165, 1.54) is 6.42 Å². The number of hydrogen-bond acceptors (Lipinski definition) is 3. The van der Waals surface area contributed by atoms with Gasteiger partial charge >= 0.3 is 0 Å². The van der Waals surface area contributed by atoms with Crippen LogP contribution in [0.4, 0.5) is 0 Å². The summed E-state index contributed by atoms with van der Waals surface area (Å²) in [5, 5.41) is 0. The number of fused-ring (bicyclic) bond motifs is 1. The molecule has 1 aliphatic rings. The largest absolute Gasteiger partial charge is 0.329 e. The maximum atomic E-state index is 5.92. The molecule has 1 saturated carbocycles. The van der Waals surface area contributed by atoms with Crippen molar-refractivity contribution in [3.05, 3.63) is 24.3 Å². The molecule has 0 aromatic carbocycles. The summed E-state index contributed by atoms with van der Waals surface area (Å²) in [7, 11) is 2.06. The van der Waals surface area contributed by atoms with Gasteiger partial charge in [-0.2, -0.15) is 0 Å². The number of nitrogens with two attached hydrogens (primary N) is 1. The Kier molecular flexibility index (Phi) is 2.01. The first-order valence-electron chi connectivity index (χ1n) is 5.74. The molecule has 84 valence electrons. The number of hydrogen-bond donors (Lipinski definition) is 1. The van der Waals surface area contributed by atoms with Crippen LogP contribution < -0.4 is 5.73 Å². The monoisotopic (exact) mass is 216 g/mol.